The number of nitrogens with zero attached hydrogens (tertiary/aromatic N) is 2. The molecule has 0 aromatic heterocycles. The lowest BCUT2D eigenvalue weighted by atomic mass is 10.1. The molecule has 210 valence electrons. The number of alkyl carbamates (subject to hydrolysis) is 1. The minimum atomic E-state index is -1.48. The first-order valence-electron chi connectivity index (χ1n) is 11.7. The van der Waals surface area contributed by atoms with Crippen LogP contribution in [0.25, 0.3) is 0 Å². The SMILES string of the molecule is C=CCOC(=O)[C@H](COC[C@H](C(=O)OC)N1C(=O)c2ccccc2C1=O)NC(=O)OCc1ccc([N+](=O)[O-])cc1. The Morgan fingerprint density at radius 2 is 1.62 bits per heavy atom. The number of imide groups is 1. The van der Waals surface area contributed by atoms with Gasteiger partial charge in [-0.05, 0) is 29.8 Å². The number of ether oxygens (including phenoxy) is 4. The Balaban J connectivity index is 1.64. The van der Waals surface area contributed by atoms with Crippen LogP contribution in [0.4, 0.5) is 10.5 Å². The zero-order valence-electron chi connectivity index (χ0n) is 21.3. The molecule has 0 bridgehead atoms. The molecule has 1 aliphatic heterocycles. The summed E-state index contributed by atoms with van der Waals surface area (Å²) < 4.78 is 20.3. The monoisotopic (exact) mass is 555 g/mol. The van der Waals surface area contributed by atoms with Crippen molar-refractivity contribution in [3.63, 3.8) is 0 Å². The molecule has 14 nitrogen and oxygen atoms in total. The molecule has 1 N–H and O–H groups in total. The Bertz CT molecular complexity index is 1270. The van der Waals surface area contributed by atoms with Crippen LogP contribution >= 0.6 is 0 Å². The van der Waals surface area contributed by atoms with Gasteiger partial charge < -0.3 is 24.3 Å². The van der Waals surface area contributed by atoms with E-state index in [1.54, 1.807) is 12.1 Å². The fourth-order valence-electron chi connectivity index (χ4n) is 3.63. The van der Waals surface area contributed by atoms with Gasteiger partial charge >= 0.3 is 18.0 Å². The van der Waals surface area contributed by atoms with Gasteiger partial charge in [-0.3, -0.25) is 24.6 Å². The molecule has 0 fully saturated rings. The lowest BCUT2D eigenvalue weighted by Gasteiger charge is -2.24. The van der Waals surface area contributed by atoms with Crippen molar-refractivity contribution in [3.8, 4) is 0 Å². The van der Waals surface area contributed by atoms with E-state index in [1.165, 1.54) is 42.5 Å². The Morgan fingerprint density at radius 1 is 1.00 bits per heavy atom. The normalized spacial score (nSPS) is 13.6. The number of esters is 2. The quantitative estimate of drug-likeness (QED) is 0.0950. The molecule has 40 heavy (non-hydrogen) atoms. The first kappa shape index (κ1) is 29.4. The zero-order chi connectivity index (χ0) is 29.2. The summed E-state index contributed by atoms with van der Waals surface area (Å²) in [7, 11) is 1.07. The minimum absolute atomic E-state index is 0.115. The van der Waals surface area contributed by atoms with E-state index in [-0.39, 0.29) is 30.0 Å². The van der Waals surface area contributed by atoms with Crippen molar-refractivity contribution < 1.29 is 47.8 Å². The summed E-state index contributed by atoms with van der Waals surface area (Å²) in [6.45, 7) is 1.93. The Kier molecular flexibility index (Phi) is 10.0. The number of hydrogen-bond acceptors (Lipinski definition) is 11. The summed E-state index contributed by atoms with van der Waals surface area (Å²) in [6, 6.07) is 8.43. The predicted molar refractivity (Wildman–Crippen MR) is 135 cm³/mol. The third-order valence-corrected chi connectivity index (χ3v) is 5.61. The Labute approximate surface area is 227 Å². The fourth-order valence-corrected chi connectivity index (χ4v) is 3.63. The molecular weight excluding hydrogens is 530 g/mol. The van der Waals surface area contributed by atoms with Crippen LogP contribution < -0.4 is 5.32 Å². The molecular formula is C26H25N3O11. The number of nitro benzene ring substituents is 1. The van der Waals surface area contributed by atoms with Crippen LogP contribution in [0.5, 0.6) is 0 Å². The highest BCUT2D eigenvalue weighted by molar-refractivity contribution is 6.22. The van der Waals surface area contributed by atoms with Gasteiger partial charge in [0.05, 0.1) is 36.4 Å². The fraction of sp³-hybridized carbons (Fsp3) is 0.269. The number of nitro groups is 1. The molecule has 1 heterocycles. The number of rotatable bonds is 13. The van der Waals surface area contributed by atoms with Gasteiger partial charge in [0.25, 0.3) is 17.5 Å². The van der Waals surface area contributed by atoms with Gasteiger partial charge in [0, 0.05) is 12.1 Å². The summed E-state index contributed by atoms with van der Waals surface area (Å²) in [6.07, 6.45) is 0.269. The maximum absolute atomic E-state index is 12.8. The Morgan fingerprint density at radius 3 is 2.17 bits per heavy atom. The van der Waals surface area contributed by atoms with Crippen LogP contribution in [0, 0.1) is 10.1 Å². The maximum Gasteiger partial charge on any atom is 0.408 e. The first-order chi connectivity index (χ1) is 19.2. The molecule has 3 amide bonds. The van der Waals surface area contributed by atoms with E-state index in [9.17, 15) is 34.1 Å². The number of carbonyl (C=O) groups excluding carboxylic acids is 5. The molecule has 0 spiro atoms. The van der Waals surface area contributed by atoms with E-state index in [0.29, 0.717) is 10.5 Å². The lowest BCUT2D eigenvalue weighted by Crippen LogP contribution is -2.50. The predicted octanol–water partition coefficient (Wildman–Crippen LogP) is 1.77. The molecule has 1 aliphatic rings. The number of hydrogen-bond donors (Lipinski definition) is 1. The van der Waals surface area contributed by atoms with Gasteiger partial charge in [0.1, 0.15) is 13.2 Å². The van der Waals surface area contributed by atoms with E-state index < -0.39 is 60.1 Å². The summed E-state index contributed by atoms with van der Waals surface area (Å²) >= 11 is 0. The minimum Gasteiger partial charge on any atom is -0.467 e. The average Bonchev–Trinajstić information content (AvgIpc) is 3.21. The van der Waals surface area contributed by atoms with Crippen molar-refractivity contribution >= 4 is 35.5 Å². The molecule has 3 rings (SSSR count). The molecule has 2 aromatic carbocycles. The van der Waals surface area contributed by atoms with Crippen molar-refractivity contribution in [3.05, 3.63) is 88.0 Å². The van der Waals surface area contributed by atoms with E-state index >= 15 is 0 Å². The van der Waals surface area contributed by atoms with Gasteiger partial charge in [0.15, 0.2) is 12.1 Å². The Hall–Kier alpha value is -5.11. The van der Waals surface area contributed by atoms with Gasteiger partial charge in [0.2, 0.25) is 0 Å². The number of methoxy groups -OCH3 is 1. The van der Waals surface area contributed by atoms with E-state index in [1.807, 2.05) is 0 Å². The number of non-ortho nitro benzene ring substituents is 1. The van der Waals surface area contributed by atoms with E-state index in [4.69, 9.17) is 18.9 Å². The molecule has 0 aliphatic carbocycles. The van der Waals surface area contributed by atoms with Crippen LogP contribution in [0.3, 0.4) is 0 Å². The van der Waals surface area contributed by atoms with Crippen molar-refractivity contribution in [2.24, 2.45) is 0 Å². The van der Waals surface area contributed by atoms with Gasteiger partial charge in [-0.2, -0.15) is 0 Å². The molecule has 14 heteroatoms. The summed E-state index contributed by atoms with van der Waals surface area (Å²) in [4.78, 5) is 73.9. The lowest BCUT2D eigenvalue weighted by molar-refractivity contribution is -0.384. The highest BCUT2D eigenvalue weighted by atomic mass is 16.6. The molecule has 0 saturated heterocycles. The number of benzene rings is 2. The highest BCUT2D eigenvalue weighted by Gasteiger charge is 2.43. The third kappa shape index (κ3) is 7.05. The highest BCUT2D eigenvalue weighted by Crippen LogP contribution is 2.25. The molecule has 0 radical (unpaired) electrons. The second kappa shape index (κ2) is 13.6. The number of carbonyl (C=O) groups is 5. The van der Waals surface area contributed by atoms with Crippen molar-refractivity contribution in [2.45, 2.75) is 18.7 Å². The number of fused-ring (bicyclic) bond motifs is 1. The third-order valence-electron chi connectivity index (χ3n) is 5.61. The average molecular weight is 555 g/mol. The topological polar surface area (TPSA) is 181 Å². The van der Waals surface area contributed by atoms with Gasteiger partial charge in [-0.1, -0.05) is 24.8 Å². The summed E-state index contributed by atoms with van der Waals surface area (Å²) in [5, 5.41) is 13.0. The molecule has 0 unspecified atom stereocenters. The van der Waals surface area contributed by atoms with E-state index in [0.717, 1.165) is 7.11 Å². The van der Waals surface area contributed by atoms with Crippen LogP contribution in [-0.2, 0) is 35.1 Å². The summed E-state index contributed by atoms with van der Waals surface area (Å²) in [5.41, 5.74) is 0.543. The number of amides is 3. The van der Waals surface area contributed by atoms with E-state index in [2.05, 4.69) is 11.9 Å². The zero-order valence-corrected chi connectivity index (χ0v) is 21.3. The van der Waals surface area contributed by atoms with Crippen LogP contribution in [0.2, 0.25) is 0 Å². The van der Waals surface area contributed by atoms with Crippen LogP contribution in [0.15, 0.2) is 61.2 Å². The molecule has 2 aromatic rings. The van der Waals surface area contributed by atoms with Crippen molar-refractivity contribution in [1.29, 1.82) is 0 Å². The standard InChI is InChI=1S/C26H25N3O11/c1-3-12-39-24(32)20(27-26(34)40-13-16-8-10-17(11-9-16)29(35)36)14-38-15-21(25(33)37-2)28-22(30)18-6-4-5-7-19(18)23(28)31/h3-11,20-21H,1,12-15H2,2H3,(H,27,34)/t20-,21+/m0/s1. The van der Waals surface area contributed by atoms with Crippen molar-refractivity contribution in [2.75, 3.05) is 26.9 Å². The second-order valence-corrected chi connectivity index (χ2v) is 8.22. The van der Waals surface area contributed by atoms with Gasteiger partial charge in [-0.25, -0.2) is 14.4 Å². The first-order valence-corrected chi connectivity index (χ1v) is 11.7. The molecule has 0 saturated carbocycles. The summed E-state index contributed by atoms with van der Waals surface area (Å²) in [5.74, 6) is -3.28. The van der Waals surface area contributed by atoms with Crippen LogP contribution in [0.1, 0.15) is 26.3 Å². The largest absolute Gasteiger partial charge is 0.467 e. The van der Waals surface area contributed by atoms with Crippen molar-refractivity contribution in [1.82, 2.24) is 10.2 Å². The number of nitrogens with one attached hydrogen (secondary N) is 1. The molecule has 2 atom stereocenters. The smallest absolute Gasteiger partial charge is 0.408 e. The second-order valence-electron chi connectivity index (χ2n) is 8.22. The van der Waals surface area contributed by atoms with Crippen LogP contribution in [-0.4, -0.2) is 78.7 Å². The maximum atomic E-state index is 12.8. The van der Waals surface area contributed by atoms with Gasteiger partial charge in [-0.15, -0.1) is 0 Å².